The van der Waals surface area contributed by atoms with E-state index in [2.05, 4.69) is 32.2 Å². The molecule has 0 amide bonds. The molecule has 0 fully saturated rings. The maximum absolute atomic E-state index is 5.24. The van der Waals surface area contributed by atoms with E-state index in [1.165, 1.54) is 0 Å². The Labute approximate surface area is 145 Å². The summed E-state index contributed by atoms with van der Waals surface area (Å²) >= 11 is 5.24. The summed E-state index contributed by atoms with van der Waals surface area (Å²) in [5.74, 6) is 0.626. The van der Waals surface area contributed by atoms with Gasteiger partial charge >= 0.3 is 0 Å². The van der Waals surface area contributed by atoms with Crippen LogP contribution in [-0.4, -0.2) is 26.6 Å². The molecule has 24 heavy (non-hydrogen) atoms. The van der Waals surface area contributed by atoms with Crippen LogP contribution in [-0.2, 0) is 0 Å². The molecule has 0 bridgehead atoms. The molecule has 0 saturated heterocycles. The van der Waals surface area contributed by atoms with Crippen LogP contribution in [0.5, 0.6) is 0 Å². The zero-order chi connectivity index (χ0) is 16.9. The normalized spacial score (nSPS) is 10.4. The van der Waals surface area contributed by atoms with E-state index in [9.17, 15) is 0 Å². The Morgan fingerprint density at radius 3 is 2.67 bits per heavy atom. The van der Waals surface area contributed by atoms with E-state index in [4.69, 9.17) is 12.2 Å². The Balaban J connectivity index is 1.84. The zero-order valence-corrected chi connectivity index (χ0v) is 14.1. The Morgan fingerprint density at radius 2 is 1.92 bits per heavy atom. The minimum absolute atomic E-state index is 0.497. The first-order chi connectivity index (χ1) is 11.6. The molecule has 2 N–H and O–H groups in total. The topological polar surface area (TPSA) is 62.7 Å². The van der Waals surface area contributed by atoms with Gasteiger partial charge < -0.3 is 10.6 Å². The van der Waals surface area contributed by atoms with Crippen LogP contribution in [0.3, 0.4) is 0 Å². The van der Waals surface area contributed by atoms with E-state index in [0.29, 0.717) is 23.1 Å². The van der Waals surface area contributed by atoms with Crippen molar-refractivity contribution in [3.8, 4) is 11.3 Å². The number of pyridine rings is 1. The molecule has 120 valence electrons. The first kappa shape index (κ1) is 16.0. The molecule has 0 aliphatic carbocycles. The van der Waals surface area contributed by atoms with Gasteiger partial charge in [-0.2, -0.15) is 0 Å². The van der Waals surface area contributed by atoms with E-state index >= 15 is 0 Å². The third-order valence-corrected chi connectivity index (χ3v) is 3.52. The number of aromatic nitrogens is 3. The van der Waals surface area contributed by atoms with Gasteiger partial charge in [-0.1, -0.05) is 42.5 Å². The second-order valence-electron chi connectivity index (χ2n) is 5.43. The van der Waals surface area contributed by atoms with Crippen LogP contribution in [0.1, 0.15) is 6.92 Å². The van der Waals surface area contributed by atoms with Gasteiger partial charge in [0.25, 0.3) is 0 Å². The maximum atomic E-state index is 5.24. The fourth-order valence-electron chi connectivity index (χ4n) is 2.11. The molecular weight excluding hydrogens is 318 g/mol. The Hall–Kier alpha value is -2.86. The number of rotatable bonds is 4. The van der Waals surface area contributed by atoms with Crippen molar-refractivity contribution in [1.29, 1.82) is 0 Å². The molecule has 6 heteroatoms. The van der Waals surface area contributed by atoms with Gasteiger partial charge in [0.1, 0.15) is 11.3 Å². The average molecular weight is 335 g/mol. The zero-order valence-electron chi connectivity index (χ0n) is 13.3. The van der Waals surface area contributed by atoms with Crippen molar-refractivity contribution in [2.75, 3.05) is 11.9 Å². The highest BCUT2D eigenvalue weighted by molar-refractivity contribution is 7.80. The molecule has 0 spiro atoms. The van der Waals surface area contributed by atoms with Crippen molar-refractivity contribution < 1.29 is 0 Å². The molecular formula is C18H17N5S. The lowest BCUT2D eigenvalue weighted by molar-refractivity contribution is 0.998. The van der Waals surface area contributed by atoms with E-state index in [1.54, 1.807) is 6.20 Å². The van der Waals surface area contributed by atoms with E-state index < -0.39 is 0 Å². The monoisotopic (exact) mass is 335 g/mol. The van der Waals surface area contributed by atoms with Crippen molar-refractivity contribution >= 4 is 34.3 Å². The predicted octanol–water partition coefficient (Wildman–Crippen LogP) is 3.55. The number of benzene rings is 1. The van der Waals surface area contributed by atoms with Crippen LogP contribution in [0, 0.1) is 0 Å². The van der Waals surface area contributed by atoms with E-state index in [1.807, 2.05) is 49.4 Å². The van der Waals surface area contributed by atoms with Gasteiger partial charge in [0.2, 0.25) is 0 Å². The summed E-state index contributed by atoms with van der Waals surface area (Å²) < 4.78 is 0. The smallest absolute Gasteiger partial charge is 0.180 e. The van der Waals surface area contributed by atoms with Crippen molar-refractivity contribution in [3.63, 3.8) is 0 Å². The predicted molar refractivity (Wildman–Crippen MR) is 102 cm³/mol. The molecule has 0 aliphatic rings. The maximum Gasteiger partial charge on any atom is 0.180 e. The molecule has 0 radical (unpaired) electrons. The summed E-state index contributed by atoms with van der Waals surface area (Å²) in [5.41, 5.74) is 4.11. The number of thiocarbonyl (C=S) groups is 1. The molecule has 0 aliphatic heterocycles. The molecule has 2 heterocycles. The second kappa shape index (κ2) is 7.14. The third kappa shape index (κ3) is 3.91. The lowest BCUT2D eigenvalue weighted by atomic mass is 10.2. The van der Waals surface area contributed by atoms with Gasteiger partial charge in [-0.25, -0.2) is 9.97 Å². The quantitative estimate of drug-likeness (QED) is 0.561. The van der Waals surface area contributed by atoms with Gasteiger partial charge in [-0.05, 0) is 31.3 Å². The van der Waals surface area contributed by atoms with Crippen LogP contribution in [0.25, 0.3) is 22.4 Å². The summed E-state index contributed by atoms with van der Waals surface area (Å²) in [4.78, 5) is 13.5. The average Bonchev–Trinajstić information content (AvgIpc) is 2.60. The molecule has 0 unspecified atom stereocenters. The van der Waals surface area contributed by atoms with Crippen molar-refractivity contribution in [3.05, 3.63) is 60.8 Å². The first-order valence-electron chi connectivity index (χ1n) is 7.50. The Morgan fingerprint density at radius 1 is 1.12 bits per heavy atom. The van der Waals surface area contributed by atoms with Crippen molar-refractivity contribution in [2.45, 2.75) is 6.92 Å². The van der Waals surface area contributed by atoms with Gasteiger partial charge in [0, 0.05) is 12.1 Å². The summed E-state index contributed by atoms with van der Waals surface area (Å²) in [6.07, 6.45) is 1.76. The molecule has 5 nitrogen and oxygen atoms in total. The fraction of sp³-hybridized carbons (Fsp3) is 0.111. The van der Waals surface area contributed by atoms with Gasteiger partial charge in [-0.15, -0.1) is 0 Å². The number of hydrogen-bond acceptors (Lipinski definition) is 4. The van der Waals surface area contributed by atoms with Gasteiger partial charge in [0.15, 0.2) is 10.8 Å². The van der Waals surface area contributed by atoms with E-state index in [-0.39, 0.29) is 0 Å². The van der Waals surface area contributed by atoms with Gasteiger partial charge in [-0.3, -0.25) is 4.98 Å². The Kier molecular flexibility index (Phi) is 4.77. The number of nitrogens with one attached hydrogen (secondary N) is 2. The summed E-state index contributed by atoms with van der Waals surface area (Å²) in [5, 5.41) is 6.61. The molecule has 0 saturated carbocycles. The van der Waals surface area contributed by atoms with Gasteiger partial charge in [0.05, 0.1) is 11.9 Å². The summed E-state index contributed by atoms with van der Waals surface area (Å²) in [7, 11) is 0. The van der Waals surface area contributed by atoms with Crippen molar-refractivity contribution in [2.24, 2.45) is 0 Å². The molecule has 3 aromatic rings. The number of nitrogens with zero attached hydrogens (tertiary/aromatic N) is 3. The number of fused-ring (bicyclic) bond motifs is 1. The minimum atomic E-state index is 0.497. The molecule has 2 aromatic heterocycles. The van der Waals surface area contributed by atoms with Crippen LogP contribution in [0.15, 0.2) is 60.8 Å². The molecule has 1 aromatic carbocycles. The summed E-state index contributed by atoms with van der Waals surface area (Å²) in [6, 6.07) is 13.6. The van der Waals surface area contributed by atoms with Crippen LogP contribution < -0.4 is 10.6 Å². The third-order valence-electron chi connectivity index (χ3n) is 3.27. The molecule has 3 rings (SSSR count). The van der Waals surface area contributed by atoms with Crippen LogP contribution >= 0.6 is 12.2 Å². The van der Waals surface area contributed by atoms with E-state index in [0.717, 1.165) is 22.3 Å². The number of anilines is 1. The highest BCUT2D eigenvalue weighted by Gasteiger charge is 2.06. The Bertz CT molecular complexity index is 892. The largest absolute Gasteiger partial charge is 0.359 e. The standard InChI is InChI=1S/C18H17N5S/c1-12(2)10-20-18(24)23-16-9-8-14-17(22-16)21-15(11-19-14)13-6-4-3-5-7-13/h3-9,11H,1,10H2,2H3,(H2,20,21,22,23,24). The molecule has 0 atom stereocenters. The fourth-order valence-corrected chi connectivity index (χ4v) is 2.28. The lowest BCUT2D eigenvalue weighted by Crippen LogP contribution is -2.29. The first-order valence-corrected chi connectivity index (χ1v) is 7.91. The van der Waals surface area contributed by atoms with Crippen LogP contribution in [0.2, 0.25) is 0 Å². The lowest BCUT2D eigenvalue weighted by Gasteiger charge is -2.10. The second-order valence-corrected chi connectivity index (χ2v) is 5.83. The minimum Gasteiger partial charge on any atom is -0.359 e. The number of hydrogen-bond donors (Lipinski definition) is 2. The van der Waals surface area contributed by atoms with Crippen LogP contribution in [0.4, 0.5) is 5.82 Å². The highest BCUT2D eigenvalue weighted by atomic mass is 32.1. The highest BCUT2D eigenvalue weighted by Crippen LogP contribution is 2.18. The summed E-state index contributed by atoms with van der Waals surface area (Å²) in [6.45, 7) is 6.39. The van der Waals surface area contributed by atoms with Crippen molar-refractivity contribution in [1.82, 2.24) is 20.3 Å². The SMILES string of the molecule is C=C(C)CNC(=S)Nc1ccc2ncc(-c3ccccc3)nc2n1.